The highest BCUT2D eigenvalue weighted by Crippen LogP contribution is 2.22. The van der Waals surface area contributed by atoms with Crippen LogP contribution in [0.15, 0.2) is 48.7 Å². The number of nitrogens with zero attached hydrogens (tertiary/aromatic N) is 1. The van der Waals surface area contributed by atoms with Gasteiger partial charge in [-0.15, -0.1) is 0 Å². The summed E-state index contributed by atoms with van der Waals surface area (Å²) in [5.41, 5.74) is 2.43. The zero-order chi connectivity index (χ0) is 11.0. The van der Waals surface area contributed by atoms with Crippen LogP contribution >= 0.6 is 0 Å². The third-order valence-electron chi connectivity index (χ3n) is 2.78. The number of hydrogen-bond donors (Lipinski definition) is 0. The van der Waals surface area contributed by atoms with Crippen molar-refractivity contribution in [1.82, 2.24) is 4.40 Å². The Labute approximate surface area is 94.1 Å². The first-order chi connectivity index (χ1) is 7.88. The van der Waals surface area contributed by atoms with Crippen LogP contribution in [-0.2, 0) is 0 Å². The summed E-state index contributed by atoms with van der Waals surface area (Å²) in [7, 11) is 0. The molecule has 0 saturated carbocycles. The van der Waals surface area contributed by atoms with E-state index in [0.717, 1.165) is 5.75 Å². The van der Waals surface area contributed by atoms with Crippen molar-refractivity contribution in [2.45, 2.75) is 6.92 Å². The van der Waals surface area contributed by atoms with Gasteiger partial charge in [0.25, 0.3) is 0 Å². The van der Waals surface area contributed by atoms with E-state index in [4.69, 9.17) is 4.74 Å². The summed E-state index contributed by atoms with van der Waals surface area (Å²) in [5, 5.41) is 1.20. The summed E-state index contributed by atoms with van der Waals surface area (Å²) in [4.78, 5) is 0. The molecule has 2 heterocycles. The molecule has 1 aromatic carbocycles. The first kappa shape index (κ1) is 9.28. The highest BCUT2D eigenvalue weighted by atomic mass is 16.5. The van der Waals surface area contributed by atoms with E-state index < -0.39 is 0 Å². The fourth-order valence-corrected chi connectivity index (χ4v) is 2.07. The van der Waals surface area contributed by atoms with E-state index in [-0.39, 0.29) is 0 Å². The van der Waals surface area contributed by atoms with Gasteiger partial charge in [0.1, 0.15) is 5.75 Å². The van der Waals surface area contributed by atoms with Gasteiger partial charge in [0.2, 0.25) is 0 Å². The second-order valence-electron chi connectivity index (χ2n) is 3.79. The third kappa shape index (κ3) is 1.34. The molecule has 0 bridgehead atoms. The average molecular weight is 211 g/mol. The second kappa shape index (κ2) is 3.56. The maximum atomic E-state index is 5.50. The van der Waals surface area contributed by atoms with Crippen molar-refractivity contribution >= 4 is 16.4 Å². The Balaban J connectivity index is 2.28. The number of hydrogen-bond acceptors (Lipinski definition) is 1. The van der Waals surface area contributed by atoms with Crippen molar-refractivity contribution in [3.63, 3.8) is 0 Å². The molecule has 2 nitrogen and oxygen atoms in total. The lowest BCUT2D eigenvalue weighted by Crippen LogP contribution is -1.92. The molecule has 0 saturated heterocycles. The van der Waals surface area contributed by atoms with E-state index >= 15 is 0 Å². The molecule has 2 heteroatoms. The lowest BCUT2D eigenvalue weighted by molar-refractivity contribution is 0.340. The normalized spacial score (nSPS) is 11.1. The topological polar surface area (TPSA) is 13.6 Å². The first-order valence-electron chi connectivity index (χ1n) is 5.51. The van der Waals surface area contributed by atoms with Crippen molar-refractivity contribution in [3.8, 4) is 5.75 Å². The van der Waals surface area contributed by atoms with Crippen LogP contribution in [-0.4, -0.2) is 11.0 Å². The largest absolute Gasteiger partial charge is 0.494 e. The van der Waals surface area contributed by atoms with Gasteiger partial charge in [-0.1, -0.05) is 6.07 Å². The highest BCUT2D eigenvalue weighted by Gasteiger charge is 2.00. The lowest BCUT2D eigenvalue weighted by Gasteiger charge is -2.06. The predicted molar refractivity (Wildman–Crippen MR) is 66.1 cm³/mol. The zero-order valence-corrected chi connectivity index (χ0v) is 9.18. The van der Waals surface area contributed by atoms with Gasteiger partial charge in [0.15, 0.2) is 0 Å². The molecule has 2 aromatic heterocycles. The van der Waals surface area contributed by atoms with Gasteiger partial charge in [-0.05, 0) is 43.3 Å². The minimum absolute atomic E-state index is 0.706. The molecule has 0 aliphatic carbocycles. The van der Waals surface area contributed by atoms with E-state index in [1.54, 1.807) is 0 Å². The molecule has 0 amide bonds. The van der Waals surface area contributed by atoms with Crippen molar-refractivity contribution in [2.24, 2.45) is 0 Å². The first-order valence-corrected chi connectivity index (χ1v) is 5.51. The van der Waals surface area contributed by atoms with Crippen LogP contribution in [0.4, 0.5) is 0 Å². The Morgan fingerprint density at radius 3 is 2.94 bits per heavy atom. The molecule has 0 fully saturated rings. The van der Waals surface area contributed by atoms with Gasteiger partial charge < -0.3 is 9.14 Å². The summed E-state index contributed by atoms with van der Waals surface area (Å²) in [5.74, 6) is 0.932. The quantitative estimate of drug-likeness (QED) is 0.632. The van der Waals surface area contributed by atoms with Crippen LogP contribution < -0.4 is 4.74 Å². The van der Waals surface area contributed by atoms with Crippen molar-refractivity contribution in [1.29, 1.82) is 0 Å². The maximum absolute atomic E-state index is 5.50. The van der Waals surface area contributed by atoms with Crippen molar-refractivity contribution < 1.29 is 4.74 Å². The summed E-state index contributed by atoms with van der Waals surface area (Å²) >= 11 is 0. The number of pyridine rings is 1. The molecule has 0 N–H and O–H groups in total. The van der Waals surface area contributed by atoms with E-state index in [9.17, 15) is 0 Å². The second-order valence-corrected chi connectivity index (χ2v) is 3.79. The minimum atomic E-state index is 0.706. The Morgan fingerprint density at radius 1 is 1.12 bits per heavy atom. The fraction of sp³-hybridized carbons (Fsp3) is 0.143. The molecule has 3 rings (SSSR count). The van der Waals surface area contributed by atoms with Gasteiger partial charge in [-0.2, -0.15) is 0 Å². The molecular formula is C14H13NO. The molecule has 80 valence electrons. The van der Waals surface area contributed by atoms with Crippen LogP contribution in [0.25, 0.3) is 16.4 Å². The van der Waals surface area contributed by atoms with Gasteiger partial charge in [0.05, 0.1) is 12.1 Å². The van der Waals surface area contributed by atoms with E-state index in [2.05, 4.69) is 47.0 Å². The molecule has 0 aliphatic rings. The van der Waals surface area contributed by atoms with Gasteiger partial charge in [-0.3, -0.25) is 0 Å². The summed E-state index contributed by atoms with van der Waals surface area (Å²) in [6.45, 7) is 2.70. The van der Waals surface area contributed by atoms with Crippen LogP contribution in [0.3, 0.4) is 0 Å². The summed E-state index contributed by atoms with van der Waals surface area (Å²) < 4.78 is 7.68. The van der Waals surface area contributed by atoms with Crippen LogP contribution in [0, 0.1) is 0 Å². The number of aromatic nitrogens is 1. The molecule has 3 aromatic rings. The predicted octanol–water partition coefficient (Wildman–Crippen LogP) is 3.49. The molecular weight excluding hydrogens is 198 g/mol. The lowest BCUT2D eigenvalue weighted by atomic mass is 10.2. The van der Waals surface area contributed by atoms with E-state index in [1.165, 1.54) is 16.4 Å². The van der Waals surface area contributed by atoms with Gasteiger partial charge in [-0.25, -0.2) is 0 Å². The van der Waals surface area contributed by atoms with Crippen LogP contribution in [0.2, 0.25) is 0 Å². The van der Waals surface area contributed by atoms with E-state index in [0.29, 0.717) is 6.61 Å². The molecule has 0 atom stereocenters. The summed E-state index contributed by atoms with van der Waals surface area (Å²) in [6.07, 6.45) is 2.08. The molecule has 0 aliphatic heterocycles. The average Bonchev–Trinajstić information content (AvgIpc) is 2.77. The smallest absolute Gasteiger partial charge is 0.120 e. The Bertz CT molecular complexity index is 639. The minimum Gasteiger partial charge on any atom is -0.494 e. The van der Waals surface area contributed by atoms with Crippen molar-refractivity contribution in [3.05, 3.63) is 48.7 Å². The molecule has 0 unspecified atom stereocenters. The monoisotopic (exact) mass is 211 g/mol. The number of fused-ring (bicyclic) bond motifs is 3. The fourth-order valence-electron chi connectivity index (χ4n) is 2.07. The third-order valence-corrected chi connectivity index (χ3v) is 2.78. The van der Waals surface area contributed by atoms with Crippen LogP contribution in [0.5, 0.6) is 5.75 Å². The summed E-state index contributed by atoms with van der Waals surface area (Å²) in [6, 6.07) is 14.6. The SMILES string of the molecule is CCOc1ccc2c(ccc3cccn32)c1. The number of ether oxygens (including phenoxy) is 1. The molecule has 0 radical (unpaired) electrons. The molecule has 0 spiro atoms. The van der Waals surface area contributed by atoms with Crippen LogP contribution in [0.1, 0.15) is 6.92 Å². The van der Waals surface area contributed by atoms with E-state index in [1.807, 2.05) is 13.0 Å². The molecule has 16 heavy (non-hydrogen) atoms. The Morgan fingerprint density at radius 2 is 2.06 bits per heavy atom. The standard InChI is InChI=1S/C14H13NO/c1-2-16-13-7-8-14-11(10-13)5-6-12-4-3-9-15(12)14/h3-10H,2H2,1H3. The highest BCUT2D eigenvalue weighted by molar-refractivity contribution is 5.84. The number of benzene rings is 1. The number of rotatable bonds is 2. The Kier molecular flexibility index (Phi) is 2.07. The van der Waals surface area contributed by atoms with Gasteiger partial charge in [0, 0.05) is 17.1 Å². The van der Waals surface area contributed by atoms with Gasteiger partial charge >= 0.3 is 0 Å². The zero-order valence-electron chi connectivity index (χ0n) is 9.18. The Hall–Kier alpha value is -1.96. The van der Waals surface area contributed by atoms with Crippen molar-refractivity contribution in [2.75, 3.05) is 6.61 Å². The maximum Gasteiger partial charge on any atom is 0.120 e.